The third-order valence-electron chi connectivity index (χ3n) is 4.77. The van der Waals surface area contributed by atoms with E-state index in [0.29, 0.717) is 37.0 Å². The van der Waals surface area contributed by atoms with E-state index < -0.39 is 11.8 Å². The Labute approximate surface area is 232 Å². The second-order valence-electron chi connectivity index (χ2n) is 7.91. The van der Waals surface area contributed by atoms with Gasteiger partial charge in [0.1, 0.15) is 0 Å². The number of anilines is 2. The summed E-state index contributed by atoms with van der Waals surface area (Å²) in [5, 5.41) is 9.50. The van der Waals surface area contributed by atoms with Crippen LogP contribution in [-0.2, 0) is 14.4 Å². The lowest BCUT2D eigenvalue weighted by Gasteiger charge is -2.14. The highest BCUT2D eigenvalue weighted by Crippen LogP contribution is 2.33. The van der Waals surface area contributed by atoms with E-state index in [-0.39, 0.29) is 12.5 Å². The Kier molecular flexibility index (Phi) is 9.86. The summed E-state index contributed by atoms with van der Waals surface area (Å²) in [7, 11) is 1.47. The number of amides is 3. The predicted octanol–water partition coefficient (Wildman–Crippen LogP) is 4.68. The molecule has 37 heavy (non-hydrogen) atoms. The molecule has 9 nitrogen and oxygen atoms in total. The van der Waals surface area contributed by atoms with Gasteiger partial charge in [0.05, 0.1) is 16.9 Å². The third kappa shape index (κ3) is 8.46. The van der Waals surface area contributed by atoms with Gasteiger partial charge in [-0.15, -0.1) is 0 Å². The normalized spacial score (nSPS) is 10.6. The van der Waals surface area contributed by atoms with Gasteiger partial charge in [0.15, 0.2) is 18.1 Å². The monoisotopic (exact) mass is 634 g/mol. The molecule has 0 unspecified atom stereocenters. The van der Waals surface area contributed by atoms with E-state index in [1.165, 1.54) is 19.4 Å². The summed E-state index contributed by atoms with van der Waals surface area (Å²) < 4.78 is 11.8. The summed E-state index contributed by atoms with van der Waals surface area (Å²) in [4.78, 5) is 36.5. The number of nitrogens with one attached hydrogen (secondary N) is 3. The van der Waals surface area contributed by atoms with E-state index >= 15 is 0 Å². The van der Waals surface area contributed by atoms with E-state index in [2.05, 4.69) is 21.2 Å². The molecule has 3 aromatic rings. The Balaban J connectivity index is 1.59. The van der Waals surface area contributed by atoms with Crippen LogP contribution in [0.2, 0.25) is 5.02 Å². The summed E-state index contributed by atoms with van der Waals surface area (Å²) in [5.74, 6) is -1.40. The van der Waals surface area contributed by atoms with Gasteiger partial charge in [-0.1, -0.05) is 23.7 Å². The molecular weight excluding hydrogens is 611 g/mol. The van der Waals surface area contributed by atoms with Crippen LogP contribution in [0.5, 0.6) is 11.5 Å². The number of benzene rings is 3. The van der Waals surface area contributed by atoms with Crippen LogP contribution in [0, 0.1) is 17.4 Å². The first kappa shape index (κ1) is 27.9. The molecule has 0 aliphatic heterocycles. The van der Waals surface area contributed by atoms with Gasteiger partial charge in [0, 0.05) is 16.4 Å². The summed E-state index contributed by atoms with van der Waals surface area (Å²) in [6.07, 6.45) is 1.35. The first-order chi connectivity index (χ1) is 17.6. The molecule has 0 fully saturated rings. The summed E-state index contributed by atoms with van der Waals surface area (Å²) >= 11 is 7.92. The molecule has 0 saturated carbocycles. The van der Waals surface area contributed by atoms with Gasteiger partial charge >= 0.3 is 11.8 Å². The van der Waals surface area contributed by atoms with Crippen LogP contribution in [0.4, 0.5) is 11.4 Å². The molecule has 0 saturated heterocycles. The van der Waals surface area contributed by atoms with Crippen LogP contribution in [0.3, 0.4) is 0 Å². The zero-order valence-corrected chi connectivity index (χ0v) is 23.1. The van der Waals surface area contributed by atoms with Crippen molar-refractivity contribution >= 4 is 69.5 Å². The Morgan fingerprint density at radius 2 is 1.70 bits per heavy atom. The summed E-state index contributed by atoms with van der Waals surface area (Å²) in [5.41, 5.74) is 5.91. The molecule has 0 aliphatic rings. The number of aryl methyl sites for hydroxylation is 2. The highest BCUT2D eigenvalue weighted by atomic mass is 127. The molecule has 3 amide bonds. The van der Waals surface area contributed by atoms with E-state index in [1.807, 2.05) is 54.6 Å². The maximum absolute atomic E-state index is 12.4. The fourth-order valence-corrected chi connectivity index (χ4v) is 4.28. The maximum Gasteiger partial charge on any atom is 0.329 e. The van der Waals surface area contributed by atoms with Crippen LogP contribution >= 0.6 is 34.2 Å². The molecule has 192 valence electrons. The van der Waals surface area contributed by atoms with Gasteiger partial charge in [-0.3, -0.25) is 14.4 Å². The predicted molar refractivity (Wildman–Crippen MR) is 152 cm³/mol. The number of carbonyl (C=O) groups is 3. The lowest BCUT2D eigenvalue weighted by molar-refractivity contribution is -0.136. The van der Waals surface area contributed by atoms with Crippen molar-refractivity contribution in [2.24, 2.45) is 5.10 Å². The van der Waals surface area contributed by atoms with Crippen molar-refractivity contribution in [3.63, 3.8) is 0 Å². The Hall–Kier alpha value is -3.64. The van der Waals surface area contributed by atoms with Gasteiger partial charge in [0.2, 0.25) is 0 Å². The van der Waals surface area contributed by atoms with Crippen LogP contribution in [0.1, 0.15) is 16.7 Å². The molecule has 0 radical (unpaired) electrons. The van der Waals surface area contributed by atoms with Gasteiger partial charge in [0.25, 0.3) is 5.91 Å². The number of hydrogen-bond acceptors (Lipinski definition) is 6. The first-order valence-corrected chi connectivity index (χ1v) is 12.4. The molecule has 0 aliphatic carbocycles. The van der Waals surface area contributed by atoms with Crippen molar-refractivity contribution in [3.8, 4) is 11.5 Å². The summed E-state index contributed by atoms with van der Waals surface area (Å²) in [6, 6.07) is 15.5. The standard InChI is InChI=1S/C26H24ClIN4O5/c1-15-7-16(2)9-20(8-15)30-23(33)14-37-24-21(28)10-17(11-22(24)36-3)13-29-32-26(35)25(34)31-19-6-4-5-18(27)12-19/h4-13H,14H2,1-3H3,(H,30,33)(H,31,34)(H,32,35)/b29-13-. The van der Waals surface area contributed by atoms with Crippen molar-refractivity contribution in [3.05, 3.63) is 79.9 Å². The van der Waals surface area contributed by atoms with Crippen LogP contribution in [0.15, 0.2) is 59.7 Å². The van der Waals surface area contributed by atoms with E-state index in [1.54, 1.807) is 30.3 Å². The second-order valence-corrected chi connectivity index (χ2v) is 9.51. The number of carbonyl (C=O) groups excluding carboxylic acids is 3. The molecular formula is C26H24ClIN4O5. The average molecular weight is 635 g/mol. The molecule has 0 bridgehead atoms. The van der Waals surface area contributed by atoms with Crippen molar-refractivity contribution < 1.29 is 23.9 Å². The van der Waals surface area contributed by atoms with Crippen LogP contribution < -0.4 is 25.5 Å². The highest BCUT2D eigenvalue weighted by Gasteiger charge is 2.15. The minimum atomic E-state index is -0.951. The molecule has 3 rings (SSSR count). The number of nitrogens with zero attached hydrogens (tertiary/aromatic N) is 1. The van der Waals surface area contributed by atoms with E-state index in [9.17, 15) is 14.4 Å². The van der Waals surface area contributed by atoms with Gasteiger partial charge < -0.3 is 20.1 Å². The number of halogens is 2. The highest BCUT2D eigenvalue weighted by molar-refractivity contribution is 14.1. The minimum absolute atomic E-state index is 0.218. The van der Waals surface area contributed by atoms with Gasteiger partial charge in [-0.2, -0.15) is 5.10 Å². The van der Waals surface area contributed by atoms with E-state index in [0.717, 1.165) is 11.1 Å². The van der Waals surface area contributed by atoms with Gasteiger partial charge in [-0.05, 0) is 95.6 Å². The van der Waals surface area contributed by atoms with Crippen LogP contribution in [0.25, 0.3) is 0 Å². The molecule has 0 aromatic heterocycles. The fourth-order valence-electron chi connectivity index (χ4n) is 3.31. The smallest absolute Gasteiger partial charge is 0.329 e. The minimum Gasteiger partial charge on any atom is -0.493 e. The number of methoxy groups -OCH3 is 1. The number of rotatable bonds is 8. The Bertz CT molecular complexity index is 1340. The molecule has 3 N–H and O–H groups in total. The zero-order chi connectivity index (χ0) is 26.9. The second kappa shape index (κ2) is 13.1. The van der Waals surface area contributed by atoms with E-state index in [4.69, 9.17) is 21.1 Å². The lowest BCUT2D eigenvalue weighted by atomic mass is 10.1. The molecule has 0 spiro atoms. The number of hydrogen-bond donors (Lipinski definition) is 3. The lowest BCUT2D eigenvalue weighted by Crippen LogP contribution is -2.32. The van der Waals surface area contributed by atoms with Gasteiger partial charge in [-0.25, -0.2) is 5.43 Å². The summed E-state index contributed by atoms with van der Waals surface area (Å²) in [6.45, 7) is 3.70. The number of hydrazone groups is 1. The largest absolute Gasteiger partial charge is 0.493 e. The average Bonchev–Trinajstić information content (AvgIpc) is 2.82. The van der Waals surface area contributed by atoms with Crippen molar-refractivity contribution in [1.82, 2.24) is 5.43 Å². The Morgan fingerprint density at radius 1 is 0.973 bits per heavy atom. The third-order valence-corrected chi connectivity index (χ3v) is 5.81. The number of ether oxygens (including phenoxy) is 2. The quantitative estimate of drug-likeness (QED) is 0.144. The molecule has 0 heterocycles. The van der Waals surface area contributed by atoms with Crippen LogP contribution in [-0.4, -0.2) is 37.7 Å². The molecule has 0 atom stereocenters. The Morgan fingerprint density at radius 3 is 2.38 bits per heavy atom. The first-order valence-electron chi connectivity index (χ1n) is 10.9. The zero-order valence-electron chi connectivity index (χ0n) is 20.2. The molecule has 11 heteroatoms. The van der Waals surface area contributed by atoms with Crippen molar-refractivity contribution in [1.29, 1.82) is 0 Å². The maximum atomic E-state index is 12.4. The molecule has 3 aromatic carbocycles. The fraction of sp³-hybridized carbons (Fsp3) is 0.154. The van der Waals surface area contributed by atoms with Crippen molar-refractivity contribution in [2.75, 3.05) is 24.4 Å². The van der Waals surface area contributed by atoms with Crippen molar-refractivity contribution in [2.45, 2.75) is 13.8 Å². The SMILES string of the molecule is COc1cc(/C=N\NC(=O)C(=O)Nc2cccc(Cl)c2)cc(I)c1OCC(=O)Nc1cc(C)cc(C)c1. The topological polar surface area (TPSA) is 118 Å².